The molecule has 0 bridgehead atoms. The third-order valence-electron chi connectivity index (χ3n) is 3.27. The monoisotopic (exact) mass is 241 g/mol. The highest BCUT2D eigenvalue weighted by atomic mass is 35.5. The van der Waals surface area contributed by atoms with Crippen molar-refractivity contribution >= 4 is 11.6 Å². The molecule has 0 heterocycles. The molecule has 4 heteroatoms. The third-order valence-corrected chi connectivity index (χ3v) is 3.63. The van der Waals surface area contributed by atoms with Crippen LogP contribution in [0.15, 0.2) is 6.07 Å². The van der Waals surface area contributed by atoms with Gasteiger partial charge in [0.2, 0.25) is 0 Å². The summed E-state index contributed by atoms with van der Waals surface area (Å²) >= 11 is 5.82. The summed E-state index contributed by atoms with van der Waals surface area (Å²) in [6, 6.07) is 1.77. The summed E-state index contributed by atoms with van der Waals surface area (Å²) in [7, 11) is 0. The second-order valence-corrected chi connectivity index (χ2v) is 5.10. The molecule has 0 amide bonds. The number of phenolic OH excluding ortho intramolecular Hbond substituents is 2. The highest BCUT2D eigenvalue weighted by molar-refractivity contribution is 6.33. The standard InChI is InChI=1S/C12H16ClNO2/c1-7-6-8(2-3-12(14)4-5-12)11(16)9(13)10(7)15/h6,15-16H,2-5,14H2,1H3. The van der Waals surface area contributed by atoms with Crippen LogP contribution >= 0.6 is 11.6 Å². The van der Waals surface area contributed by atoms with E-state index in [4.69, 9.17) is 17.3 Å². The molecule has 16 heavy (non-hydrogen) atoms. The zero-order valence-corrected chi connectivity index (χ0v) is 10.0. The number of benzene rings is 1. The van der Waals surface area contributed by atoms with Gasteiger partial charge in [0.1, 0.15) is 16.5 Å². The van der Waals surface area contributed by atoms with Gasteiger partial charge in [-0.05, 0) is 49.8 Å². The predicted molar refractivity (Wildman–Crippen MR) is 64.0 cm³/mol. The highest BCUT2D eigenvalue weighted by Gasteiger charge is 2.37. The number of aromatic hydroxyl groups is 2. The van der Waals surface area contributed by atoms with E-state index in [-0.39, 0.29) is 22.1 Å². The van der Waals surface area contributed by atoms with Crippen LogP contribution < -0.4 is 5.73 Å². The van der Waals surface area contributed by atoms with Crippen LogP contribution in [0.5, 0.6) is 11.5 Å². The van der Waals surface area contributed by atoms with Gasteiger partial charge < -0.3 is 15.9 Å². The van der Waals surface area contributed by atoms with Gasteiger partial charge in [0.15, 0.2) is 0 Å². The topological polar surface area (TPSA) is 66.5 Å². The van der Waals surface area contributed by atoms with E-state index in [1.54, 1.807) is 13.0 Å². The number of halogens is 1. The lowest BCUT2D eigenvalue weighted by Crippen LogP contribution is -2.22. The highest BCUT2D eigenvalue weighted by Crippen LogP contribution is 2.41. The Morgan fingerprint density at radius 1 is 1.38 bits per heavy atom. The molecule has 1 aliphatic rings. The second-order valence-electron chi connectivity index (χ2n) is 4.73. The molecular formula is C12H16ClNO2. The fourth-order valence-electron chi connectivity index (χ4n) is 1.81. The van der Waals surface area contributed by atoms with Gasteiger partial charge in [-0.15, -0.1) is 0 Å². The van der Waals surface area contributed by atoms with Gasteiger partial charge in [0.25, 0.3) is 0 Å². The fraction of sp³-hybridized carbons (Fsp3) is 0.500. The van der Waals surface area contributed by atoms with Crippen molar-refractivity contribution in [3.8, 4) is 11.5 Å². The van der Waals surface area contributed by atoms with Gasteiger partial charge >= 0.3 is 0 Å². The Hall–Kier alpha value is -0.930. The first-order chi connectivity index (χ1) is 7.43. The molecule has 1 aromatic rings. The summed E-state index contributed by atoms with van der Waals surface area (Å²) < 4.78 is 0. The minimum atomic E-state index is -0.0446. The van der Waals surface area contributed by atoms with Crippen LogP contribution in [0, 0.1) is 6.92 Å². The Morgan fingerprint density at radius 3 is 2.56 bits per heavy atom. The van der Waals surface area contributed by atoms with Gasteiger partial charge in [-0.25, -0.2) is 0 Å². The van der Waals surface area contributed by atoms with E-state index in [1.165, 1.54) is 0 Å². The van der Waals surface area contributed by atoms with Gasteiger partial charge in [0, 0.05) is 5.54 Å². The molecule has 1 aliphatic carbocycles. The minimum absolute atomic E-state index is 0.0194. The number of aryl methyl sites for hydroxylation is 2. The summed E-state index contributed by atoms with van der Waals surface area (Å²) in [5, 5.41) is 19.4. The van der Waals surface area contributed by atoms with E-state index >= 15 is 0 Å². The molecule has 0 spiro atoms. The summed E-state index contributed by atoms with van der Waals surface area (Å²) in [4.78, 5) is 0. The van der Waals surface area contributed by atoms with Crippen LogP contribution in [-0.4, -0.2) is 15.8 Å². The van der Waals surface area contributed by atoms with Crippen LogP contribution in [0.25, 0.3) is 0 Å². The first-order valence-corrected chi connectivity index (χ1v) is 5.79. The van der Waals surface area contributed by atoms with E-state index in [0.29, 0.717) is 12.0 Å². The second kappa shape index (κ2) is 3.82. The molecular weight excluding hydrogens is 226 g/mol. The van der Waals surface area contributed by atoms with Gasteiger partial charge in [-0.3, -0.25) is 0 Å². The molecule has 0 aliphatic heterocycles. The van der Waals surface area contributed by atoms with E-state index < -0.39 is 0 Å². The lowest BCUT2D eigenvalue weighted by molar-refractivity contribution is 0.442. The van der Waals surface area contributed by atoms with Crippen molar-refractivity contribution in [2.75, 3.05) is 0 Å². The molecule has 1 fully saturated rings. The molecule has 0 radical (unpaired) electrons. The lowest BCUT2D eigenvalue weighted by Gasteiger charge is -2.12. The lowest BCUT2D eigenvalue weighted by atomic mass is 10.0. The molecule has 0 aromatic heterocycles. The molecule has 1 aromatic carbocycles. The van der Waals surface area contributed by atoms with Crippen LogP contribution in [0.2, 0.25) is 5.02 Å². The van der Waals surface area contributed by atoms with Gasteiger partial charge in [-0.2, -0.15) is 0 Å². The van der Waals surface area contributed by atoms with Crippen molar-refractivity contribution in [1.82, 2.24) is 0 Å². The van der Waals surface area contributed by atoms with Gasteiger partial charge in [0.05, 0.1) is 0 Å². The van der Waals surface area contributed by atoms with Gasteiger partial charge in [-0.1, -0.05) is 11.6 Å². The van der Waals surface area contributed by atoms with Crippen molar-refractivity contribution in [3.63, 3.8) is 0 Å². The smallest absolute Gasteiger partial charge is 0.141 e. The predicted octanol–water partition coefficient (Wildman–Crippen LogP) is 2.48. The number of nitrogens with two attached hydrogens (primary N) is 1. The van der Waals surface area contributed by atoms with Crippen molar-refractivity contribution in [3.05, 3.63) is 22.2 Å². The Balaban J connectivity index is 2.20. The minimum Gasteiger partial charge on any atom is -0.506 e. The summed E-state index contributed by atoms with van der Waals surface area (Å²) in [5.41, 5.74) is 7.39. The van der Waals surface area contributed by atoms with E-state index in [1.807, 2.05) is 0 Å². The molecule has 3 nitrogen and oxygen atoms in total. The third kappa shape index (κ3) is 2.11. The summed E-state index contributed by atoms with van der Waals surface area (Å²) in [5.74, 6) is -0.0641. The largest absolute Gasteiger partial charge is 0.506 e. The molecule has 0 unspecified atom stereocenters. The first-order valence-electron chi connectivity index (χ1n) is 5.42. The fourth-order valence-corrected chi connectivity index (χ4v) is 2.08. The number of hydrogen-bond donors (Lipinski definition) is 3. The van der Waals surface area contributed by atoms with E-state index in [2.05, 4.69) is 0 Å². The van der Waals surface area contributed by atoms with E-state index in [0.717, 1.165) is 24.8 Å². The maximum atomic E-state index is 9.79. The molecule has 1 saturated carbocycles. The maximum Gasteiger partial charge on any atom is 0.141 e. The first kappa shape index (κ1) is 11.6. The number of hydrogen-bond acceptors (Lipinski definition) is 3. The molecule has 4 N–H and O–H groups in total. The van der Waals surface area contributed by atoms with Crippen LogP contribution in [0.4, 0.5) is 0 Å². The quantitative estimate of drug-likeness (QED) is 0.762. The number of phenols is 2. The molecule has 2 rings (SSSR count). The Kier molecular flexibility index (Phi) is 2.76. The number of rotatable bonds is 3. The maximum absolute atomic E-state index is 9.79. The van der Waals surface area contributed by atoms with Crippen LogP contribution in [0.3, 0.4) is 0 Å². The van der Waals surface area contributed by atoms with Crippen molar-refractivity contribution in [1.29, 1.82) is 0 Å². The van der Waals surface area contributed by atoms with E-state index in [9.17, 15) is 10.2 Å². The van der Waals surface area contributed by atoms with Crippen LogP contribution in [0.1, 0.15) is 30.4 Å². The zero-order chi connectivity index (χ0) is 11.9. The van der Waals surface area contributed by atoms with Crippen molar-refractivity contribution < 1.29 is 10.2 Å². The average Bonchev–Trinajstić information content (AvgIpc) is 2.98. The average molecular weight is 242 g/mol. The Morgan fingerprint density at radius 2 is 2.00 bits per heavy atom. The normalized spacial score (nSPS) is 17.4. The molecule has 0 saturated heterocycles. The summed E-state index contributed by atoms with van der Waals surface area (Å²) in [6.45, 7) is 1.76. The molecule has 0 atom stereocenters. The van der Waals surface area contributed by atoms with Crippen molar-refractivity contribution in [2.45, 2.75) is 38.1 Å². The van der Waals surface area contributed by atoms with Crippen molar-refractivity contribution in [2.24, 2.45) is 5.73 Å². The Labute approximate surface area is 99.8 Å². The molecule has 88 valence electrons. The zero-order valence-electron chi connectivity index (χ0n) is 9.26. The summed E-state index contributed by atoms with van der Waals surface area (Å²) in [6.07, 6.45) is 3.65. The van der Waals surface area contributed by atoms with Crippen LogP contribution in [-0.2, 0) is 6.42 Å². The SMILES string of the molecule is Cc1cc(CCC2(N)CC2)c(O)c(Cl)c1O. The Bertz CT molecular complexity index is 428.